The molecule has 2 aliphatic rings. The highest BCUT2D eigenvalue weighted by molar-refractivity contribution is 7.89. The van der Waals surface area contributed by atoms with Crippen LogP contribution in [0.25, 0.3) is 0 Å². The molecule has 1 amide bonds. The van der Waals surface area contributed by atoms with Gasteiger partial charge in [-0.05, 0) is 36.2 Å². The molecule has 0 N–H and O–H groups in total. The molecule has 2 aromatic rings. The van der Waals surface area contributed by atoms with Crippen molar-refractivity contribution in [3.05, 3.63) is 59.9 Å². The van der Waals surface area contributed by atoms with E-state index < -0.39 is 15.8 Å². The van der Waals surface area contributed by atoms with Crippen LogP contribution >= 0.6 is 0 Å². The summed E-state index contributed by atoms with van der Waals surface area (Å²) in [7, 11) is -3.75. The van der Waals surface area contributed by atoms with Crippen LogP contribution < -0.4 is 4.90 Å². The van der Waals surface area contributed by atoms with Crippen molar-refractivity contribution < 1.29 is 17.6 Å². The SMILES string of the molecule is O=C(CN1CCc2ccccc21)N1CCN(S(=O)(=O)c2cccc(F)c2)CC1. The number of amides is 1. The van der Waals surface area contributed by atoms with Gasteiger partial charge < -0.3 is 9.80 Å². The maximum Gasteiger partial charge on any atom is 0.243 e. The second-order valence-corrected chi connectivity index (χ2v) is 8.98. The number of fused-ring (bicyclic) bond motifs is 1. The van der Waals surface area contributed by atoms with Crippen LogP contribution in [0.5, 0.6) is 0 Å². The summed E-state index contributed by atoms with van der Waals surface area (Å²) in [5.41, 5.74) is 2.35. The van der Waals surface area contributed by atoms with E-state index >= 15 is 0 Å². The Morgan fingerprint density at radius 1 is 0.964 bits per heavy atom. The van der Waals surface area contributed by atoms with E-state index in [1.165, 1.54) is 28.1 Å². The molecule has 28 heavy (non-hydrogen) atoms. The number of carbonyl (C=O) groups excluding carboxylic acids is 1. The summed E-state index contributed by atoms with van der Waals surface area (Å²) in [6.45, 7) is 2.21. The molecule has 0 saturated carbocycles. The minimum atomic E-state index is -3.75. The van der Waals surface area contributed by atoms with E-state index in [1.807, 2.05) is 18.2 Å². The third-order valence-electron chi connectivity index (χ3n) is 5.33. The number of anilines is 1. The minimum absolute atomic E-state index is 0.000457. The van der Waals surface area contributed by atoms with Gasteiger partial charge in [-0.25, -0.2) is 12.8 Å². The van der Waals surface area contributed by atoms with Gasteiger partial charge in [0.2, 0.25) is 15.9 Å². The van der Waals surface area contributed by atoms with Crippen molar-refractivity contribution in [2.24, 2.45) is 0 Å². The Kier molecular flexibility index (Phi) is 5.07. The Morgan fingerprint density at radius 2 is 1.71 bits per heavy atom. The molecule has 0 bridgehead atoms. The third-order valence-corrected chi connectivity index (χ3v) is 7.23. The minimum Gasteiger partial charge on any atom is -0.362 e. The van der Waals surface area contributed by atoms with Crippen LogP contribution in [0, 0.1) is 5.82 Å². The first-order valence-electron chi connectivity index (χ1n) is 9.31. The highest BCUT2D eigenvalue weighted by atomic mass is 32.2. The number of para-hydroxylation sites is 1. The van der Waals surface area contributed by atoms with Crippen LogP contribution in [0.15, 0.2) is 53.4 Å². The average Bonchev–Trinajstić information content (AvgIpc) is 3.11. The zero-order valence-electron chi connectivity index (χ0n) is 15.4. The lowest BCUT2D eigenvalue weighted by atomic mass is 10.2. The van der Waals surface area contributed by atoms with Crippen LogP contribution in [-0.4, -0.2) is 62.8 Å². The number of hydrogen-bond acceptors (Lipinski definition) is 4. The monoisotopic (exact) mass is 403 g/mol. The molecule has 0 atom stereocenters. The van der Waals surface area contributed by atoms with Crippen molar-refractivity contribution in [3.63, 3.8) is 0 Å². The quantitative estimate of drug-likeness (QED) is 0.780. The molecule has 1 saturated heterocycles. The molecular weight excluding hydrogens is 381 g/mol. The Labute approximate surface area is 164 Å². The lowest BCUT2D eigenvalue weighted by molar-refractivity contribution is -0.130. The second kappa shape index (κ2) is 7.52. The van der Waals surface area contributed by atoms with Crippen molar-refractivity contribution in [2.75, 3.05) is 44.2 Å². The topological polar surface area (TPSA) is 60.9 Å². The molecule has 0 unspecified atom stereocenters. The number of sulfonamides is 1. The van der Waals surface area contributed by atoms with Crippen LogP contribution in [-0.2, 0) is 21.2 Å². The van der Waals surface area contributed by atoms with E-state index in [2.05, 4.69) is 11.0 Å². The number of halogens is 1. The van der Waals surface area contributed by atoms with Crippen molar-refractivity contribution in [2.45, 2.75) is 11.3 Å². The lowest BCUT2D eigenvalue weighted by Crippen LogP contribution is -2.52. The fourth-order valence-corrected chi connectivity index (χ4v) is 5.24. The first kappa shape index (κ1) is 18.9. The predicted molar refractivity (Wildman–Crippen MR) is 104 cm³/mol. The summed E-state index contributed by atoms with van der Waals surface area (Å²) in [4.78, 5) is 16.4. The predicted octanol–water partition coefficient (Wildman–Crippen LogP) is 1.72. The van der Waals surface area contributed by atoms with E-state index in [0.29, 0.717) is 19.6 Å². The maximum atomic E-state index is 13.4. The molecule has 8 heteroatoms. The van der Waals surface area contributed by atoms with Gasteiger partial charge in [-0.15, -0.1) is 0 Å². The van der Waals surface area contributed by atoms with Crippen molar-refractivity contribution in [1.82, 2.24) is 9.21 Å². The largest absolute Gasteiger partial charge is 0.362 e. The van der Waals surface area contributed by atoms with E-state index in [1.54, 1.807) is 4.90 Å². The Hall–Kier alpha value is -2.45. The molecule has 0 spiro atoms. The molecule has 6 nitrogen and oxygen atoms in total. The highest BCUT2D eigenvalue weighted by Gasteiger charge is 2.31. The lowest BCUT2D eigenvalue weighted by Gasteiger charge is -2.35. The third kappa shape index (κ3) is 3.62. The van der Waals surface area contributed by atoms with Gasteiger partial charge in [-0.2, -0.15) is 4.31 Å². The molecule has 0 aliphatic carbocycles. The van der Waals surface area contributed by atoms with E-state index in [-0.39, 0.29) is 23.9 Å². The highest BCUT2D eigenvalue weighted by Crippen LogP contribution is 2.27. The van der Waals surface area contributed by atoms with Crippen LogP contribution in [0.1, 0.15) is 5.56 Å². The Morgan fingerprint density at radius 3 is 2.46 bits per heavy atom. The van der Waals surface area contributed by atoms with Gasteiger partial charge in [0.15, 0.2) is 0 Å². The summed E-state index contributed by atoms with van der Waals surface area (Å²) in [6.07, 6.45) is 0.934. The van der Waals surface area contributed by atoms with Crippen LogP contribution in [0.4, 0.5) is 10.1 Å². The second-order valence-electron chi connectivity index (χ2n) is 7.04. The molecule has 2 heterocycles. The van der Waals surface area contributed by atoms with Gasteiger partial charge in [0.1, 0.15) is 5.82 Å². The first-order valence-corrected chi connectivity index (χ1v) is 10.8. The summed E-state index contributed by atoms with van der Waals surface area (Å²) >= 11 is 0. The molecule has 0 aromatic heterocycles. The smallest absolute Gasteiger partial charge is 0.243 e. The van der Waals surface area contributed by atoms with Crippen molar-refractivity contribution >= 4 is 21.6 Å². The van der Waals surface area contributed by atoms with E-state index in [4.69, 9.17) is 0 Å². The van der Waals surface area contributed by atoms with Gasteiger partial charge in [0.25, 0.3) is 0 Å². The summed E-state index contributed by atoms with van der Waals surface area (Å²) in [5.74, 6) is -0.583. The van der Waals surface area contributed by atoms with Crippen LogP contribution in [0.2, 0.25) is 0 Å². The Bertz CT molecular complexity index is 988. The number of piperazine rings is 1. The van der Waals surface area contributed by atoms with E-state index in [9.17, 15) is 17.6 Å². The Balaban J connectivity index is 1.37. The van der Waals surface area contributed by atoms with Gasteiger partial charge in [0, 0.05) is 38.4 Å². The zero-order chi connectivity index (χ0) is 19.7. The first-order chi connectivity index (χ1) is 13.4. The molecule has 2 aromatic carbocycles. The number of nitrogens with zero attached hydrogens (tertiary/aromatic N) is 3. The number of rotatable bonds is 4. The van der Waals surface area contributed by atoms with Gasteiger partial charge in [-0.3, -0.25) is 4.79 Å². The molecule has 0 radical (unpaired) electrons. The fraction of sp³-hybridized carbons (Fsp3) is 0.350. The van der Waals surface area contributed by atoms with Crippen LogP contribution in [0.3, 0.4) is 0 Å². The molecule has 1 fully saturated rings. The fourth-order valence-electron chi connectivity index (χ4n) is 3.79. The number of carbonyl (C=O) groups is 1. The zero-order valence-corrected chi connectivity index (χ0v) is 16.2. The standard InChI is InChI=1S/C20H22FN3O3S/c21-17-5-3-6-18(14-17)28(26,27)24-12-10-22(11-13-24)20(25)15-23-9-8-16-4-1-2-7-19(16)23/h1-7,14H,8-13,15H2. The summed E-state index contributed by atoms with van der Waals surface area (Å²) < 4.78 is 40.1. The normalized spacial score (nSPS) is 17.6. The van der Waals surface area contributed by atoms with Crippen molar-refractivity contribution in [1.29, 1.82) is 0 Å². The number of benzene rings is 2. The molecule has 148 valence electrons. The van der Waals surface area contributed by atoms with Gasteiger partial charge in [0.05, 0.1) is 11.4 Å². The summed E-state index contributed by atoms with van der Waals surface area (Å²) in [5, 5.41) is 0. The van der Waals surface area contributed by atoms with Gasteiger partial charge in [-0.1, -0.05) is 24.3 Å². The average molecular weight is 403 g/mol. The van der Waals surface area contributed by atoms with Crippen molar-refractivity contribution in [3.8, 4) is 0 Å². The van der Waals surface area contributed by atoms with E-state index in [0.717, 1.165) is 24.7 Å². The number of hydrogen-bond donors (Lipinski definition) is 0. The molecular formula is C20H22FN3O3S. The molecule has 4 rings (SSSR count). The molecule has 2 aliphatic heterocycles. The maximum absolute atomic E-state index is 13.4. The van der Waals surface area contributed by atoms with Gasteiger partial charge >= 0.3 is 0 Å². The summed E-state index contributed by atoms with van der Waals surface area (Å²) in [6, 6.07) is 13.1.